The normalized spacial score (nSPS) is 11.3. The van der Waals surface area contributed by atoms with Gasteiger partial charge in [0.05, 0.1) is 9.82 Å². The van der Waals surface area contributed by atoms with Crippen molar-refractivity contribution in [3.05, 3.63) is 69.2 Å². The highest BCUT2D eigenvalue weighted by atomic mass is 35.5. The Morgan fingerprint density at radius 3 is 2.41 bits per heavy atom. The monoisotopic (exact) mass is 340 g/mol. The highest BCUT2D eigenvalue weighted by molar-refractivity contribution is 7.89. The second-order valence-corrected chi connectivity index (χ2v) is 6.73. The molecule has 0 radical (unpaired) electrons. The molecule has 0 aliphatic rings. The molecule has 0 unspecified atom stereocenters. The third-order valence-corrected chi connectivity index (χ3v) is 4.66. The summed E-state index contributed by atoms with van der Waals surface area (Å²) in [6.07, 6.45) is 0.493. The van der Waals surface area contributed by atoms with E-state index in [1.807, 2.05) is 6.07 Å². The van der Waals surface area contributed by atoms with E-state index in [2.05, 4.69) is 4.72 Å². The average molecular weight is 341 g/mol. The van der Waals surface area contributed by atoms with Crippen molar-refractivity contribution in [1.82, 2.24) is 4.72 Å². The smallest absolute Gasteiger partial charge is 0.258 e. The minimum absolute atomic E-state index is 0.0100. The van der Waals surface area contributed by atoms with Gasteiger partial charge in [-0.3, -0.25) is 10.1 Å². The largest absolute Gasteiger partial charge is 0.269 e. The van der Waals surface area contributed by atoms with Gasteiger partial charge in [-0.05, 0) is 36.2 Å². The fraction of sp³-hybridized carbons (Fsp3) is 0.143. The van der Waals surface area contributed by atoms with Gasteiger partial charge in [-0.25, -0.2) is 13.1 Å². The number of nitrogens with zero attached hydrogens (tertiary/aromatic N) is 1. The van der Waals surface area contributed by atoms with Crippen LogP contribution in [0.3, 0.4) is 0 Å². The number of sulfonamides is 1. The summed E-state index contributed by atoms with van der Waals surface area (Å²) in [4.78, 5) is 9.96. The minimum atomic E-state index is -3.69. The van der Waals surface area contributed by atoms with E-state index in [4.69, 9.17) is 11.6 Å². The molecular weight excluding hydrogens is 328 g/mol. The lowest BCUT2D eigenvalue weighted by Crippen LogP contribution is -2.26. The van der Waals surface area contributed by atoms with Gasteiger partial charge in [-0.1, -0.05) is 23.7 Å². The fourth-order valence-corrected chi connectivity index (χ4v) is 3.10. The quantitative estimate of drug-likeness (QED) is 0.646. The van der Waals surface area contributed by atoms with Crippen molar-refractivity contribution in [2.45, 2.75) is 11.3 Å². The molecule has 0 saturated carbocycles. The SMILES string of the molecule is O=[N+]([O-])c1ccc(S(=O)(=O)NCCc2cccc(Cl)c2)cc1. The lowest BCUT2D eigenvalue weighted by atomic mass is 10.2. The molecule has 116 valence electrons. The maximum absolute atomic E-state index is 12.1. The number of nitro benzene ring substituents is 1. The van der Waals surface area contributed by atoms with Crippen molar-refractivity contribution in [3.63, 3.8) is 0 Å². The molecular formula is C14H13ClN2O4S. The molecule has 0 bridgehead atoms. The van der Waals surface area contributed by atoms with Crippen molar-refractivity contribution in [3.8, 4) is 0 Å². The molecule has 22 heavy (non-hydrogen) atoms. The summed E-state index contributed by atoms with van der Waals surface area (Å²) >= 11 is 5.86. The molecule has 2 aromatic carbocycles. The van der Waals surface area contributed by atoms with Gasteiger partial charge in [0.2, 0.25) is 10.0 Å². The lowest BCUT2D eigenvalue weighted by Gasteiger charge is -2.07. The predicted octanol–water partition coefficient (Wildman–Crippen LogP) is 2.77. The Balaban J connectivity index is 2.00. The van der Waals surface area contributed by atoms with Gasteiger partial charge in [0, 0.05) is 23.7 Å². The highest BCUT2D eigenvalue weighted by Crippen LogP contribution is 2.16. The van der Waals surface area contributed by atoms with Gasteiger partial charge >= 0.3 is 0 Å². The van der Waals surface area contributed by atoms with Crippen LogP contribution in [-0.2, 0) is 16.4 Å². The Morgan fingerprint density at radius 1 is 1.14 bits per heavy atom. The predicted molar refractivity (Wildman–Crippen MR) is 83.4 cm³/mol. The molecule has 2 aromatic rings. The first-order valence-electron chi connectivity index (χ1n) is 6.37. The van der Waals surface area contributed by atoms with Crippen molar-refractivity contribution in [2.24, 2.45) is 0 Å². The Labute approximate surface area is 132 Å². The van der Waals surface area contributed by atoms with Crippen molar-refractivity contribution < 1.29 is 13.3 Å². The molecule has 0 saturated heterocycles. The topological polar surface area (TPSA) is 89.3 Å². The second kappa shape index (κ2) is 6.87. The number of non-ortho nitro benzene ring substituents is 1. The third-order valence-electron chi connectivity index (χ3n) is 2.95. The molecule has 0 aliphatic carbocycles. The molecule has 0 amide bonds. The van der Waals surface area contributed by atoms with Crippen LogP contribution in [0.15, 0.2) is 53.4 Å². The molecule has 0 heterocycles. The highest BCUT2D eigenvalue weighted by Gasteiger charge is 2.15. The molecule has 0 spiro atoms. The summed E-state index contributed by atoms with van der Waals surface area (Å²) in [5, 5.41) is 11.1. The number of halogens is 1. The maximum Gasteiger partial charge on any atom is 0.269 e. The molecule has 0 fully saturated rings. The third kappa shape index (κ3) is 4.27. The standard InChI is InChI=1S/C14H13ClN2O4S/c15-12-3-1-2-11(10-12)8-9-16-22(20,21)14-6-4-13(5-7-14)17(18)19/h1-7,10,16H,8-9H2. The van der Waals surface area contributed by atoms with Crippen molar-refractivity contribution in [1.29, 1.82) is 0 Å². The van der Waals surface area contributed by atoms with E-state index in [1.165, 1.54) is 12.1 Å². The summed E-state index contributed by atoms with van der Waals surface area (Å²) in [7, 11) is -3.69. The zero-order valence-corrected chi connectivity index (χ0v) is 13.0. The second-order valence-electron chi connectivity index (χ2n) is 4.53. The van der Waals surface area contributed by atoms with Gasteiger partial charge in [0.15, 0.2) is 0 Å². The van der Waals surface area contributed by atoms with Gasteiger partial charge in [-0.2, -0.15) is 0 Å². The van der Waals surface area contributed by atoms with E-state index in [9.17, 15) is 18.5 Å². The molecule has 2 rings (SSSR count). The Kier molecular flexibility index (Phi) is 5.12. The van der Waals surface area contributed by atoms with E-state index >= 15 is 0 Å². The Morgan fingerprint density at radius 2 is 1.82 bits per heavy atom. The van der Waals surface area contributed by atoms with Crippen LogP contribution in [0.2, 0.25) is 5.02 Å². The first-order valence-corrected chi connectivity index (χ1v) is 8.23. The summed E-state index contributed by atoms with van der Waals surface area (Å²) in [5.74, 6) is 0. The molecule has 8 heteroatoms. The molecule has 1 N–H and O–H groups in total. The average Bonchev–Trinajstić information content (AvgIpc) is 2.47. The summed E-state index contributed by atoms with van der Waals surface area (Å²) < 4.78 is 26.6. The number of nitro groups is 1. The fourth-order valence-electron chi connectivity index (χ4n) is 1.85. The van der Waals surface area contributed by atoms with Crippen molar-refractivity contribution >= 4 is 27.3 Å². The van der Waals surface area contributed by atoms with Gasteiger partial charge in [-0.15, -0.1) is 0 Å². The zero-order chi connectivity index (χ0) is 16.2. The van der Waals surface area contributed by atoms with Gasteiger partial charge < -0.3 is 0 Å². The van der Waals surface area contributed by atoms with E-state index < -0.39 is 14.9 Å². The van der Waals surface area contributed by atoms with Crippen LogP contribution in [0.4, 0.5) is 5.69 Å². The van der Waals surface area contributed by atoms with Crippen LogP contribution in [0.25, 0.3) is 0 Å². The summed E-state index contributed by atoms with van der Waals surface area (Å²) in [5.41, 5.74) is 0.761. The van der Waals surface area contributed by atoms with Crippen molar-refractivity contribution in [2.75, 3.05) is 6.54 Å². The first kappa shape index (κ1) is 16.4. The number of benzene rings is 2. The van der Waals surface area contributed by atoms with E-state index in [1.54, 1.807) is 18.2 Å². The van der Waals surface area contributed by atoms with E-state index in [0.29, 0.717) is 11.4 Å². The van der Waals surface area contributed by atoms with Crippen LogP contribution in [0, 0.1) is 10.1 Å². The van der Waals surface area contributed by atoms with Crippen LogP contribution in [0.1, 0.15) is 5.56 Å². The molecule has 6 nitrogen and oxygen atoms in total. The van der Waals surface area contributed by atoms with Gasteiger partial charge in [0.25, 0.3) is 5.69 Å². The van der Waals surface area contributed by atoms with Crippen LogP contribution in [-0.4, -0.2) is 19.9 Å². The number of rotatable bonds is 6. The number of hydrogen-bond acceptors (Lipinski definition) is 4. The summed E-state index contributed by atoms with van der Waals surface area (Å²) in [6, 6.07) is 11.9. The number of hydrogen-bond donors (Lipinski definition) is 1. The number of nitrogens with one attached hydrogen (secondary N) is 1. The zero-order valence-electron chi connectivity index (χ0n) is 11.4. The molecule has 0 aliphatic heterocycles. The molecule has 0 aromatic heterocycles. The molecule has 0 atom stereocenters. The minimum Gasteiger partial charge on any atom is -0.258 e. The van der Waals surface area contributed by atoms with Crippen LogP contribution >= 0.6 is 11.6 Å². The Hall–Kier alpha value is -1.96. The van der Waals surface area contributed by atoms with E-state index in [-0.39, 0.29) is 17.1 Å². The van der Waals surface area contributed by atoms with E-state index in [0.717, 1.165) is 17.7 Å². The van der Waals surface area contributed by atoms with Gasteiger partial charge in [0.1, 0.15) is 0 Å². The first-order chi connectivity index (χ1) is 10.4. The lowest BCUT2D eigenvalue weighted by molar-refractivity contribution is -0.384. The maximum atomic E-state index is 12.1. The van der Waals surface area contributed by atoms with Crippen LogP contribution in [0.5, 0.6) is 0 Å². The summed E-state index contributed by atoms with van der Waals surface area (Å²) in [6.45, 7) is 0.208. The Bertz CT molecular complexity index is 776. The van der Waals surface area contributed by atoms with Crippen LogP contribution < -0.4 is 4.72 Å².